The molecule has 1 aliphatic carbocycles. The summed E-state index contributed by atoms with van der Waals surface area (Å²) in [5.41, 5.74) is 7.43. The fraction of sp³-hybridized carbons (Fsp3) is 0.100. The molecule has 0 aromatic heterocycles. The van der Waals surface area contributed by atoms with Gasteiger partial charge in [-0.1, -0.05) is 97.2 Å². The molecular weight excluding hydrogens is 392 g/mol. The predicted molar refractivity (Wildman–Crippen MR) is 139 cm³/mol. The first kappa shape index (κ1) is 19.7. The number of hydrogen-bond donors (Lipinski definition) is 0. The van der Waals surface area contributed by atoms with E-state index in [2.05, 4.69) is 105 Å². The third kappa shape index (κ3) is 3.78. The van der Waals surface area contributed by atoms with Gasteiger partial charge >= 0.3 is 0 Å². The van der Waals surface area contributed by atoms with Crippen LogP contribution in [-0.2, 0) is 0 Å². The average Bonchev–Trinajstić information content (AvgIpc) is 3.14. The Labute approximate surface area is 189 Å². The topological polar surface area (TPSA) is 0 Å². The van der Waals surface area contributed by atoms with Crippen molar-refractivity contribution >= 4 is 44.2 Å². The molecule has 1 aliphatic rings. The molecule has 4 aromatic carbocycles. The summed E-state index contributed by atoms with van der Waals surface area (Å²) in [6.45, 7) is 6.46. The van der Waals surface area contributed by atoms with E-state index in [1.54, 1.807) is 0 Å². The fourth-order valence-electron chi connectivity index (χ4n) is 4.46. The third-order valence-electron chi connectivity index (χ3n) is 6.35. The molecule has 4 aromatic rings. The normalized spacial score (nSPS) is 14.6. The van der Waals surface area contributed by atoms with Crippen LogP contribution < -0.4 is 0 Å². The van der Waals surface area contributed by atoms with Crippen molar-refractivity contribution in [1.29, 1.82) is 0 Å². The Hall–Kier alpha value is -3.29. The number of fused-ring (bicyclic) bond motifs is 2. The molecule has 0 heterocycles. The van der Waals surface area contributed by atoms with Crippen molar-refractivity contribution < 1.29 is 0 Å². The molecule has 0 fully saturated rings. The van der Waals surface area contributed by atoms with Crippen molar-refractivity contribution in [3.63, 3.8) is 0 Å². The first-order valence-corrected chi connectivity index (χ1v) is 11.1. The van der Waals surface area contributed by atoms with E-state index in [-0.39, 0.29) is 0 Å². The average molecular weight is 417 g/mol. The standard InChI is InChI=1S/C30H24S/c1-20-11-16-28(21(20)2)29(26-14-12-22-7-3-5-9-24(22)17-26)19-30(31)27-15-13-23-8-4-6-10-25(23)18-27/h3-10,12-15,17-19H,1,11,16H2,2H3/b29-19-. The molecule has 0 bridgehead atoms. The van der Waals surface area contributed by atoms with E-state index >= 15 is 0 Å². The van der Waals surface area contributed by atoms with Gasteiger partial charge in [-0.05, 0) is 87.4 Å². The Balaban J connectivity index is 1.64. The van der Waals surface area contributed by atoms with E-state index < -0.39 is 0 Å². The Morgan fingerprint density at radius 1 is 0.742 bits per heavy atom. The largest absolute Gasteiger partial charge is 0.0955 e. The molecule has 31 heavy (non-hydrogen) atoms. The minimum Gasteiger partial charge on any atom is -0.0955 e. The molecular formula is C30H24S. The van der Waals surface area contributed by atoms with Gasteiger partial charge in [0.2, 0.25) is 0 Å². The summed E-state index contributed by atoms with van der Waals surface area (Å²) in [7, 11) is 0. The number of hydrogen-bond acceptors (Lipinski definition) is 1. The zero-order valence-electron chi connectivity index (χ0n) is 17.7. The second-order valence-electron chi connectivity index (χ2n) is 8.25. The van der Waals surface area contributed by atoms with Gasteiger partial charge in [-0.2, -0.15) is 0 Å². The molecule has 0 aliphatic heterocycles. The van der Waals surface area contributed by atoms with Crippen molar-refractivity contribution in [2.24, 2.45) is 0 Å². The van der Waals surface area contributed by atoms with Crippen LogP contribution in [0.1, 0.15) is 30.9 Å². The highest BCUT2D eigenvalue weighted by molar-refractivity contribution is 7.81. The van der Waals surface area contributed by atoms with Crippen LogP contribution in [0.2, 0.25) is 0 Å². The molecule has 0 amide bonds. The Morgan fingerprint density at radius 2 is 1.29 bits per heavy atom. The molecule has 0 atom stereocenters. The monoisotopic (exact) mass is 416 g/mol. The van der Waals surface area contributed by atoms with Gasteiger partial charge in [0, 0.05) is 4.86 Å². The second kappa shape index (κ2) is 8.09. The number of thiocarbonyl (C=S) groups is 1. The summed E-state index contributed by atoms with van der Waals surface area (Å²) in [6.07, 6.45) is 4.24. The lowest BCUT2D eigenvalue weighted by Crippen LogP contribution is -1.98. The second-order valence-corrected chi connectivity index (χ2v) is 8.69. The van der Waals surface area contributed by atoms with E-state index in [1.807, 2.05) is 0 Å². The molecule has 0 nitrogen and oxygen atoms in total. The van der Waals surface area contributed by atoms with E-state index in [1.165, 1.54) is 49.4 Å². The maximum absolute atomic E-state index is 5.94. The van der Waals surface area contributed by atoms with Crippen LogP contribution in [0.3, 0.4) is 0 Å². The van der Waals surface area contributed by atoms with Gasteiger partial charge in [-0.15, -0.1) is 0 Å². The summed E-state index contributed by atoms with van der Waals surface area (Å²) in [6, 6.07) is 30.1. The predicted octanol–water partition coefficient (Wildman–Crippen LogP) is 8.46. The van der Waals surface area contributed by atoms with Crippen LogP contribution >= 0.6 is 12.2 Å². The number of rotatable bonds is 4. The van der Waals surface area contributed by atoms with E-state index in [0.29, 0.717) is 0 Å². The minimum absolute atomic E-state index is 0.867. The van der Waals surface area contributed by atoms with Gasteiger partial charge in [0.15, 0.2) is 0 Å². The Morgan fingerprint density at radius 3 is 1.87 bits per heavy atom. The van der Waals surface area contributed by atoms with E-state index in [4.69, 9.17) is 12.2 Å². The van der Waals surface area contributed by atoms with Crippen LogP contribution in [0.15, 0.2) is 114 Å². The number of allylic oxidation sites excluding steroid dienone is 5. The highest BCUT2D eigenvalue weighted by Gasteiger charge is 2.20. The highest BCUT2D eigenvalue weighted by Crippen LogP contribution is 2.39. The van der Waals surface area contributed by atoms with Crippen molar-refractivity contribution in [3.8, 4) is 0 Å². The summed E-state index contributed by atoms with van der Waals surface area (Å²) >= 11 is 5.94. The van der Waals surface area contributed by atoms with Crippen molar-refractivity contribution in [2.45, 2.75) is 19.8 Å². The minimum atomic E-state index is 0.867. The van der Waals surface area contributed by atoms with E-state index in [0.717, 1.165) is 23.3 Å². The molecule has 0 spiro atoms. The van der Waals surface area contributed by atoms with Gasteiger partial charge in [0.1, 0.15) is 0 Å². The van der Waals surface area contributed by atoms with Crippen LogP contribution in [0.5, 0.6) is 0 Å². The molecule has 0 radical (unpaired) electrons. The van der Waals surface area contributed by atoms with Gasteiger partial charge in [-0.25, -0.2) is 0 Å². The van der Waals surface area contributed by atoms with Crippen LogP contribution in [-0.4, -0.2) is 4.86 Å². The molecule has 150 valence electrons. The zero-order valence-corrected chi connectivity index (χ0v) is 18.5. The van der Waals surface area contributed by atoms with Crippen molar-refractivity contribution in [1.82, 2.24) is 0 Å². The van der Waals surface area contributed by atoms with Crippen LogP contribution in [0.25, 0.3) is 27.1 Å². The summed E-state index contributed by atoms with van der Waals surface area (Å²) in [5, 5.41) is 4.95. The first-order valence-electron chi connectivity index (χ1n) is 10.7. The fourth-order valence-corrected chi connectivity index (χ4v) is 4.70. The summed E-state index contributed by atoms with van der Waals surface area (Å²) < 4.78 is 0. The molecule has 0 N–H and O–H groups in total. The summed E-state index contributed by atoms with van der Waals surface area (Å²) in [4.78, 5) is 0.867. The Bertz CT molecular complexity index is 1410. The molecule has 0 saturated carbocycles. The SMILES string of the molecule is C=C1CCC(/C(=C\C(=S)c2ccc3ccccc3c2)c2ccc3ccccc3c2)=C1C. The van der Waals surface area contributed by atoms with Gasteiger partial charge in [0.05, 0.1) is 0 Å². The lowest BCUT2D eigenvalue weighted by atomic mass is 9.91. The maximum atomic E-state index is 5.94. The van der Waals surface area contributed by atoms with E-state index in [9.17, 15) is 0 Å². The van der Waals surface area contributed by atoms with Crippen molar-refractivity contribution in [3.05, 3.63) is 125 Å². The molecule has 0 saturated heterocycles. The summed E-state index contributed by atoms with van der Waals surface area (Å²) in [5.74, 6) is 0. The maximum Gasteiger partial charge on any atom is 0.0455 e. The Kier molecular flexibility index (Phi) is 5.13. The highest BCUT2D eigenvalue weighted by atomic mass is 32.1. The third-order valence-corrected chi connectivity index (χ3v) is 6.71. The van der Waals surface area contributed by atoms with Crippen LogP contribution in [0, 0.1) is 0 Å². The molecule has 0 unspecified atom stereocenters. The lowest BCUT2D eigenvalue weighted by Gasteiger charge is -2.13. The van der Waals surface area contributed by atoms with Gasteiger partial charge < -0.3 is 0 Å². The zero-order chi connectivity index (χ0) is 21.4. The van der Waals surface area contributed by atoms with Crippen molar-refractivity contribution in [2.75, 3.05) is 0 Å². The van der Waals surface area contributed by atoms with Crippen LogP contribution in [0.4, 0.5) is 0 Å². The quantitative estimate of drug-likeness (QED) is 0.183. The number of benzene rings is 4. The van der Waals surface area contributed by atoms with Gasteiger partial charge in [-0.3, -0.25) is 0 Å². The molecule has 5 rings (SSSR count). The smallest absolute Gasteiger partial charge is 0.0455 e. The lowest BCUT2D eigenvalue weighted by molar-refractivity contribution is 1.04. The first-order chi connectivity index (χ1) is 15.1. The van der Waals surface area contributed by atoms with Gasteiger partial charge in [0.25, 0.3) is 0 Å². The molecule has 1 heteroatoms.